The zero-order valence-electron chi connectivity index (χ0n) is 14.6. The number of amides is 1. The Morgan fingerprint density at radius 3 is 2.67 bits per heavy atom. The Kier molecular flexibility index (Phi) is 5.31. The summed E-state index contributed by atoms with van der Waals surface area (Å²) >= 11 is 1.05. The molecule has 27 heavy (non-hydrogen) atoms. The molecule has 1 aromatic carbocycles. The van der Waals surface area contributed by atoms with Gasteiger partial charge in [0.15, 0.2) is 6.61 Å². The van der Waals surface area contributed by atoms with E-state index in [1.54, 1.807) is 26.0 Å². The molecule has 1 amide bonds. The second-order valence-electron chi connectivity index (χ2n) is 5.87. The first-order chi connectivity index (χ1) is 12.8. The Labute approximate surface area is 157 Å². The largest absolute Gasteiger partial charge is 0.451 e. The molecule has 2 aromatic heterocycles. The number of carbonyl (C=O) groups is 2. The van der Waals surface area contributed by atoms with Gasteiger partial charge in [-0.15, -0.1) is 11.3 Å². The van der Waals surface area contributed by atoms with Crippen molar-refractivity contribution in [2.24, 2.45) is 0 Å². The standard InChI is InChI=1S/C18H16FN3O4S/c1-9-14-16(24)21-10(2)22-17(14)27-15(9)18(25)26-8-13(23)20-7-11-3-5-12(19)6-4-11/h3-6H,7-8H2,1-2H3,(H,20,23)(H,21,22,24). The molecule has 0 spiro atoms. The molecule has 0 bridgehead atoms. The molecule has 7 nitrogen and oxygen atoms in total. The van der Waals surface area contributed by atoms with Crippen LogP contribution in [0.4, 0.5) is 4.39 Å². The minimum Gasteiger partial charge on any atom is -0.451 e. The van der Waals surface area contributed by atoms with Crippen molar-refractivity contribution in [3.05, 3.63) is 62.3 Å². The van der Waals surface area contributed by atoms with E-state index in [0.717, 1.165) is 16.9 Å². The lowest BCUT2D eigenvalue weighted by Crippen LogP contribution is -2.28. The van der Waals surface area contributed by atoms with E-state index in [-0.39, 0.29) is 22.8 Å². The third kappa shape index (κ3) is 4.20. The number of aromatic amines is 1. The SMILES string of the molecule is Cc1nc2sc(C(=O)OCC(=O)NCc3ccc(F)cc3)c(C)c2c(=O)[nH]1. The second kappa shape index (κ2) is 7.67. The first-order valence-electron chi connectivity index (χ1n) is 8.03. The average Bonchev–Trinajstić information content (AvgIpc) is 2.95. The highest BCUT2D eigenvalue weighted by atomic mass is 32.1. The van der Waals surface area contributed by atoms with Crippen LogP contribution in [-0.4, -0.2) is 28.5 Å². The summed E-state index contributed by atoms with van der Waals surface area (Å²) in [6.45, 7) is 3.02. The summed E-state index contributed by atoms with van der Waals surface area (Å²) < 4.78 is 17.9. The van der Waals surface area contributed by atoms with Gasteiger partial charge in [0, 0.05) is 6.54 Å². The molecule has 0 saturated heterocycles. The number of aromatic nitrogens is 2. The molecule has 0 unspecified atom stereocenters. The first-order valence-corrected chi connectivity index (χ1v) is 8.85. The van der Waals surface area contributed by atoms with Crippen molar-refractivity contribution in [3.63, 3.8) is 0 Å². The third-order valence-corrected chi connectivity index (χ3v) is 5.01. The summed E-state index contributed by atoms with van der Waals surface area (Å²) in [6, 6.07) is 5.69. The Hall–Kier alpha value is -3.07. The van der Waals surface area contributed by atoms with E-state index in [0.29, 0.717) is 21.6 Å². The summed E-state index contributed by atoms with van der Waals surface area (Å²) in [5, 5.41) is 2.93. The summed E-state index contributed by atoms with van der Waals surface area (Å²) in [5.74, 6) is -1.09. The molecule has 9 heteroatoms. The lowest BCUT2D eigenvalue weighted by atomic mass is 10.2. The zero-order valence-corrected chi connectivity index (χ0v) is 15.4. The van der Waals surface area contributed by atoms with Gasteiger partial charge in [0.1, 0.15) is 21.3 Å². The van der Waals surface area contributed by atoms with Gasteiger partial charge in [0.25, 0.3) is 11.5 Å². The van der Waals surface area contributed by atoms with Gasteiger partial charge in [0.2, 0.25) is 0 Å². The van der Waals surface area contributed by atoms with Crippen LogP contribution in [0.1, 0.15) is 26.6 Å². The Morgan fingerprint density at radius 1 is 1.26 bits per heavy atom. The minimum atomic E-state index is -0.690. The summed E-state index contributed by atoms with van der Waals surface area (Å²) in [7, 11) is 0. The van der Waals surface area contributed by atoms with Crippen LogP contribution in [0.2, 0.25) is 0 Å². The molecule has 0 saturated carbocycles. The molecule has 2 heterocycles. The number of esters is 1. The Balaban J connectivity index is 1.62. The van der Waals surface area contributed by atoms with Crippen LogP contribution in [0.3, 0.4) is 0 Å². The van der Waals surface area contributed by atoms with Gasteiger partial charge in [-0.25, -0.2) is 14.2 Å². The average molecular weight is 389 g/mol. The number of thiophene rings is 1. The molecular weight excluding hydrogens is 373 g/mol. The van der Waals surface area contributed by atoms with E-state index in [1.807, 2.05) is 0 Å². The van der Waals surface area contributed by atoms with Crippen molar-refractivity contribution in [1.29, 1.82) is 0 Å². The number of H-pyrrole nitrogens is 1. The van der Waals surface area contributed by atoms with Crippen LogP contribution in [0, 0.1) is 19.7 Å². The van der Waals surface area contributed by atoms with Gasteiger partial charge in [-0.3, -0.25) is 9.59 Å². The van der Waals surface area contributed by atoms with Crippen molar-refractivity contribution in [1.82, 2.24) is 15.3 Å². The Bertz CT molecular complexity index is 1070. The fraction of sp³-hybridized carbons (Fsp3) is 0.222. The second-order valence-corrected chi connectivity index (χ2v) is 6.87. The highest BCUT2D eigenvalue weighted by molar-refractivity contribution is 7.20. The Morgan fingerprint density at radius 2 is 1.96 bits per heavy atom. The highest BCUT2D eigenvalue weighted by Gasteiger charge is 2.20. The number of fused-ring (bicyclic) bond motifs is 1. The van der Waals surface area contributed by atoms with Crippen LogP contribution < -0.4 is 10.9 Å². The van der Waals surface area contributed by atoms with Crippen molar-refractivity contribution in [2.75, 3.05) is 6.61 Å². The topological polar surface area (TPSA) is 101 Å². The van der Waals surface area contributed by atoms with E-state index in [9.17, 15) is 18.8 Å². The molecule has 0 aliphatic rings. The molecule has 3 rings (SSSR count). The van der Waals surface area contributed by atoms with Crippen LogP contribution in [0.15, 0.2) is 29.1 Å². The molecule has 0 fully saturated rings. The zero-order chi connectivity index (χ0) is 19.6. The number of rotatable bonds is 5. The number of carbonyl (C=O) groups excluding carboxylic acids is 2. The van der Waals surface area contributed by atoms with Gasteiger partial charge in [0.05, 0.1) is 5.39 Å². The quantitative estimate of drug-likeness (QED) is 0.652. The number of aryl methyl sites for hydroxylation is 2. The molecule has 2 N–H and O–H groups in total. The van der Waals surface area contributed by atoms with Crippen molar-refractivity contribution in [3.8, 4) is 0 Å². The molecule has 0 aliphatic carbocycles. The predicted molar refractivity (Wildman–Crippen MR) is 98.2 cm³/mol. The van der Waals surface area contributed by atoms with Gasteiger partial charge >= 0.3 is 5.97 Å². The maximum absolute atomic E-state index is 12.8. The summed E-state index contributed by atoms with van der Waals surface area (Å²) in [4.78, 5) is 43.6. The highest BCUT2D eigenvalue weighted by Crippen LogP contribution is 2.27. The van der Waals surface area contributed by atoms with Crippen LogP contribution >= 0.6 is 11.3 Å². The molecule has 0 radical (unpaired) electrons. The molecular formula is C18H16FN3O4S. The number of nitrogens with one attached hydrogen (secondary N) is 2. The normalized spacial score (nSPS) is 10.8. The number of nitrogens with zero attached hydrogens (tertiary/aromatic N) is 1. The number of halogens is 1. The molecule has 140 valence electrons. The van der Waals surface area contributed by atoms with Gasteiger partial charge in [-0.1, -0.05) is 12.1 Å². The molecule has 0 aliphatic heterocycles. The van der Waals surface area contributed by atoms with Crippen molar-refractivity contribution >= 4 is 33.4 Å². The predicted octanol–water partition coefficient (Wildman–Crippen LogP) is 2.21. The number of hydrogen-bond acceptors (Lipinski definition) is 6. The van der Waals surface area contributed by atoms with Gasteiger partial charge < -0.3 is 15.0 Å². The maximum atomic E-state index is 12.8. The van der Waals surface area contributed by atoms with E-state index in [4.69, 9.17) is 4.74 Å². The van der Waals surface area contributed by atoms with E-state index >= 15 is 0 Å². The smallest absolute Gasteiger partial charge is 0.349 e. The number of benzene rings is 1. The van der Waals surface area contributed by atoms with E-state index < -0.39 is 18.5 Å². The van der Waals surface area contributed by atoms with E-state index in [2.05, 4.69) is 15.3 Å². The van der Waals surface area contributed by atoms with Crippen LogP contribution in [0.5, 0.6) is 0 Å². The van der Waals surface area contributed by atoms with Crippen LogP contribution in [-0.2, 0) is 16.1 Å². The van der Waals surface area contributed by atoms with Crippen molar-refractivity contribution in [2.45, 2.75) is 20.4 Å². The van der Waals surface area contributed by atoms with Crippen LogP contribution in [0.25, 0.3) is 10.2 Å². The fourth-order valence-electron chi connectivity index (χ4n) is 2.50. The number of hydrogen-bond donors (Lipinski definition) is 2. The van der Waals surface area contributed by atoms with Gasteiger partial charge in [-0.2, -0.15) is 0 Å². The monoisotopic (exact) mass is 389 g/mol. The van der Waals surface area contributed by atoms with Crippen molar-refractivity contribution < 1.29 is 18.7 Å². The summed E-state index contributed by atoms with van der Waals surface area (Å²) in [5.41, 5.74) is 0.875. The third-order valence-electron chi connectivity index (χ3n) is 3.84. The number of ether oxygens (including phenoxy) is 1. The minimum absolute atomic E-state index is 0.192. The van der Waals surface area contributed by atoms with E-state index in [1.165, 1.54) is 12.1 Å². The lowest BCUT2D eigenvalue weighted by molar-refractivity contribution is -0.124. The lowest BCUT2D eigenvalue weighted by Gasteiger charge is -2.06. The fourth-order valence-corrected chi connectivity index (χ4v) is 3.62. The maximum Gasteiger partial charge on any atom is 0.349 e. The molecule has 3 aromatic rings. The summed E-state index contributed by atoms with van der Waals surface area (Å²) in [6.07, 6.45) is 0. The van der Waals surface area contributed by atoms with Gasteiger partial charge in [-0.05, 0) is 37.1 Å². The molecule has 0 atom stereocenters. The first kappa shape index (κ1) is 18.7.